The van der Waals surface area contributed by atoms with E-state index in [0.717, 1.165) is 5.56 Å². The highest BCUT2D eigenvalue weighted by atomic mass is 16.4. The van der Waals surface area contributed by atoms with Crippen molar-refractivity contribution in [2.75, 3.05) is 6.54 Å². The summed E-state index contributed by atoms with van der Waals surface area (Å²) in [7, 11) is 0. The molecule has 17 heavy (non-hydrogen) atoms. The number of aliphatic hydroxyl groups is 1. The van der Waals surface area contributed by atoms with E-state index in [2.05, 4.69) is 10.5 Å². The molecule has 5 nitrogen and oxygen atoms in total. The predicted molar refractivity (Wildman–Crippen MR) is 67.0 cm³/mol. The van der Waals surface area contributed by atoms with Crippen LogP contribution in [0.15, 0.2) is 29.4 Å². The minimum Gasteiger partial charge on any atom is -0.409 e. The smallest absolute Gasteiger partial charge is 0.170 e. The van der Waals surface area contributed by atoms with Gasteiger partial charge in [0.05, 0.1) is 5.60 Å². The Hall–Kier alpha value is -1.59. The minimum atomic E-state index is -0.733. The zero-order valence-electron chi connectivity index (χ0n) is 10.1. The lowest BCUT2D eigenvalue weighted by Gasteiger charge is -2.17. The van der Waals surface area contributed by atoms with Crippen molar-refractivity contribution in [3.05, 3.63) is 35.4 Å². The third-order valence-corrected chi connectivity index (χ3v) is 2.22. The van der Waals surface area contributed by atoms with Gasteiger partial charge in [0.2, 0.25) is 0 Å². The summed E-state index contributed by atoms with van der Waals surface area (Å²) in [6.45, 7) is 4.61. The molecule has 1 rings (SSSR count). The number of oxime groups is 1. The van der Waals surface area contributed by atoms with Crippen LogP contribution < -0.4 is 11.1 Å². The molecule has 94 valence electrons. The second kappa shape index (κ2) is 5.65. The van der Waals surface area contributed by atoms with Gasteiger partial charge in [0, 0.05) is 18.7 Å². The minimum absolute atomic E-state index is 0.0920. The third-order valence-electron chi connectivity index (χ3n) is 2.22. The molecule has 0 saturated heterocycles. The van der Waals surface area contributed by atoms with E-state index in [9.17, 15) is 5.11 Å². The zero-order valence-corrected chi connectivity index (χ0v) is 10.1. The molecule has 0 atom stereocenters. The quantitative estimate of drug-likeness (QED) is 0.262. The molecule has 0 saturated carbocycles. The van der Waals surface area contributed by atoms with Gasteiger partial charge < -0.3 is 21.4 Å². The molecule has 1 aromatic carbocycles. The van der Waals surface area contributed by atoms with E-state index in [4.69, 9.17) is 10.9 Å². The molecule has 0 heterocycles. The summed E-state index contributed by atoms with van der Waals surface area (Å²) in [4.78, 5) is 0. The molecule has 5 heteroatoms. The van der Waals surface area contributed by atoms with Crippen LogP contribution in [0.5, 0.6) is 0 Å². The molecule has 0 aliphatic rings. The van der Waals surface area contributed by atoms with E-state index in [1.165, 1.54) is 0 Å². The van der Waals surface area contributed by atoms with Crippen molar-refractivity contribution in [2.45, 2.75) is 26.0 Å². The molecule has 0 aliphatic carbocycles. The van der Waals surface area contributed by atoms with Crippen LogP contribution in [0.4, 0.5) is 0 Å². The third kappa shape index (κ3) is 4.84. The molecule has 0 spiro atoms. The van der Waals surface area contributed by atoms with E-state index in [-0.39, 0.29) is 5.84 Å². The Labute approximate surface area is 101 Å². The largest absolute Gasteiger partial charge is 0.409 e. The summed E-state index contributed by atoms with van der Waals surface area (Å²) in [6, 6.07) is 7.39. The molecule has 5 N–H and O–H groups in total. The Kier molecular flexibility index (Phi) is 4.48. The predicted octanol–water partition coefficient (Wildman–Crippen LogP) is 0.642. The SMILES string of the molecule is CC(C)(O)CNCc1cccc(C(N)=NO)c1. The number of nitrogens with zero attached hydrogens (tertiary/aromatic N) is 1. The van der Waals surface area contributed by atoms with Gasteiger partial charge in [-0.2, -0.15) is 0 Å². The molecule has 0 fully saturated rings. The number of nitrogens with two attached hydrogens (primary N) is 1. The van der Waals surface area contributed by atoms with E-state index < -0.39 is 5.60 Å². The average Bonchev–Trinajstić information content (AvgIpc) is 2.27. The van der Waals surface area contributed by atoms with Gasteiger partial charge in [0.25, 0.3) is 0 Å². The van der Waals surface area contributed by atoms with Crippen LogP contribution in [0.1, 0.15) is 25.0 Å². The summed E-state index contributed by atoms with van der Waals surface area (Å²) >= 11 is 0. The highest BCUT2D eigenvalue weighted by Gasteiger charge is 2.11. The van der Waals surface area contributed by atoms with Gasteiger partial charge >= 0.3 is 0 Å². The van der Waals surface area contributed by atoms with Gasteiger partial charge in [-0.3, -0.25) is 0 Å². The van der Waals surface area contributed by atoms with Crippen molar-refractivity contribution in [3.63, 3.8) is 0 Å². The molecule has 0 amide bonds. The van der Waals surface area contributed by atoms with Crippen molar-refractivity contribution in [3.8, 4) is 0 Å². The second-order valence-electron chi connectivity index (χ2n) is 4.60. The molecule has 0 aliphatic heterocycles. The summed E-state index contributed by atoms with van der Waals surface area (Å²) in [5.41, 5.74) is 6.46. The Morgan fingerprint density at radius 3 is 2.76 bits per heavy atom. The van der Waals surface area contributed by atoms with Crippen LogP contribution in [0.3, 0.4) is 0 Å². The second-order valence-corrected chi connectivity index (χ2v) is 4.60. The Bertz CT molecular complexity index is 397. The lowest BCUT2D eigenvalue weighted by molar-refractivity contribution is 0.0795. The van der Waals surface area contributed by atoms with Crippen molar-refractivity contribution in [2.24, 2.45) is 10.9 Å². The van der Waals surface area contributed by atoms with Crippen LogP contribution >= 0.6 is 0 Å². The standard InChI is InChI=1S/C12H19N3O2/c1-12(2,16)8-14-7-9-4-3-5-10(6-9)11(13)15-17/h3-6,14,16-17H,7-8H2,1-2H3,(H2,13,15). The molecule has 0 aromatic heterocycles. The molecule has 1 aromatic rings. The first kappa shape index (κ1) is 13.5. The molecule has 0 bridgehead atoms. The van der Waals surface area contributed by atoms with E-state index in [0.29, 0.717) is 18.7 Å². The van der Waals surface area contributed by atoms with Crippen LogP contribution in [0.25, 0.3) is 0 Å². The van der Waals surface area contributed by atoms with Gasteiger partial charge in [0.15, 0.2) is 5.84 Å². The fourth-order valence-electron chi connectivity index (χ4n) is 1.41. The number of hydrogen-bond donors (Lipinski definition) is 4. The first-order valence-electron chi connectivity index (χ1n) is 5.42. The highest BCUT2D eigenvalue weighted by molar-refractivity contribution is 5.97. The van der Waals surface area contributed by atoms with Crippen LogP contribution in [0, 0.1) is 0 Å². The average molecular weight is 237 g/mol. The molecule has 0 unspecified atom stereocenters. The molecule has 0 radical (unpaired) electrons. The zero-order chi connectivity index (χ0) is 12.9. The molecular formula is C12H19N3O2. The molecular weight excluding hydrogens is 218 g/mol. The summed E-state index contributed by atoms with van der Waals surface area (Å²) < 4.78 is 0. The fraction of sp³-hybridized carbons (Fsp3) is 0.417. The van der Waals surface area contributed by atoms with Gasteiger partial charge in [0.1, 0.15) is 0 Å². The van der Waals surface area contributed by atoms with Gasteiger partial charge in [-0.05, 0) is 25.5 Å². The number of nitrogens with one attached hydrogen (secondary N) is 1. The lowest BCUT2D eigenvalue weighted by atomic mass is 10.1. The normalized spacial score (nSPS) is 12.8. The van der Waals surface area contributed by atoms with Crippen LogP contribution in [-0.2, 0) is 6.54 Å². The number of amidine groups is 1. The topological polar surface area (TPSA) is 90.9 Å². The summed E-state index contributed by atoms with van der Waals surface area (Å²) in [5.74, 6) is 0.0920. The fourth-order valence-corrected chi connectivity index (χ4v) is 1.41. The van der Waals surface area contributed by atoms with Crippen molar-refractivity contribution in [1.29, 1.82) is 0 Å². The van der Waals surface area contributed by atoms with Gasteiger partial charge in [-0.1, -0.05) is 23.4 Å². The lowest BCUT2D eigenvalue weighted by Crippen LogP contribution is -2.34. The summed E-state index contributed by atoms with van der Waals surface area (Å²) in [5, 5.41) is 24.2. The summed E-state index contributed by atoms with van der Waals surface area (Å²) in [6.07, 6.45) is 0. The van der Waals surface area contributed by atoms with Gasteiger partial charge in [-0.15, -0.1) is 0 Å². The monoisotopic (exact) mass is 237 g/mol. The highest BCUT2D eigenvalue weighted by Crippen LogP contribution is 2.05. The Morgan fingerprint density at radius 2 is 2.18 bits per heavy atom. The maximum atomic E-state index is 9.54. The van der Waals surface area contributed by atoms with E-state index in [1.807, 2.05) is 18.2 Å². The first-order valence-corrected chi connectivity index (χ1v) is 5.42. The maximum absolute atomic E-state index is 9.54. The Balaban J connectivity index is 2.61. The van der Waals surface area contributed by atoms with Crippen LogP contribution in [-0.4, -0.2) is 28.3 Å². The number of hydrogen-bond acceptors (Lipinski definition) is 4. The van der Waals surface area contributed by atoms with Crippen molar-refractivity contribution >= 4 is 5.84 Å². The maximum Gasteiger partial charge on any atom is 0.170 e. The van der Waals surface area contributed by atoms with E-state index in [1.54, 1.807) is 19.9 Å². The number of rotatable bonds is 5. The van der Waals surface area contributed by atoms with Crippen molar-refractivity contribution in [1.82, 2.24) is 5.32 Å². The number of benzene rings is 1. The van der Waals surface area contributed by atoms with Crippen LogP contribution in [0.2, 0.25) is 0 Å². The van der Waals surface area contributed by atoms with Gasteiger partial charge in [-0.25, -0.2) is 0 Å². The first-order chi connectivity index (χ1) is 7.92. The Morgan fingerprint density at radius 1 is 1.47 bits per heavy atom. The van der Waals surface area contributed by atoms with E-state index >= 15 is 0 Å². The van der Waals surface area contributed by atoms with Crippen molar-refractivity contribution < 1.29 is 10.3 Å².